The number of β-amino-alcohol motifs (C(OH)–C–C–N with tert-alkyl or cyclic N) is 1. The molecule has 3 nitrogen and oxygen atoms in total. The Labute approximate surface area is 100 Å². The van der Waals surface area contributed by atoms with Gasteiger partial charge in [-0.05, 0) is 44.7 Å². The molecule has 16 heavy (non-hydrogen) atoms. The molecule has 0 bridgehead atoms. The molecule has 1 saturated heterocycles. The fourth-order valence-corrected chi connectivity index (χ4v) is 2.80. The standard InChI is InChI=1S/C13H28N2O/c1-4-13(5-2,10-14-3)11-15-8-6-7-12(16)9-15/h12,14,16H,4-11H2,1-3H3. The number of rotatable bonds is 6. The lowest BCUT2D eigenvalue weighted by molar-refractivity contribution is 0.0405. The summed E-state index contributed by atoms with van der Waals surface area (Å²) in [6.45, 7) is 8.78. The summed E-state index contributed by atoms with van der Waals surface area (Å²) in [6, 6.07) is 0. The second kappa shape index (κ2) is 6.58. The van der Waals surface area contributed by atoms with Gasteiger partial charge in [-0.3, -0.25) is 0 Å². The first-order chi connectivity index (χ1) is 7.65. The van der Waals surface area contributed by atoms with Gasteiger partial charge >= 0.3 is 0 Å². The molecule has 1 fully saturated rings. The van der Waals surface area contributed by atoms with Gasteiger partial charge in [0, 0.05) is 19.6 Å². The zero-order valence-corrected chi connectivity index (χ0v) is 11.1. The Morgan fingerprint density at radius 3 is 2.56 bits per heavy atom. The molecule has 2 N–H and O–H groups in total. The van der Waals surface area contributed by atoms with Crippen molar-refractivity contribution in [2.75, 3.05) is 33.2 Å². The molecule has 96 valence electrons. The number of nitrogens with one attached hydrogen (secondary N) is 1. The Morgan fingerprint density at radius 1 is 1.38 bits per heavy atom. The van der Waals surface area contributed by atoms with Gasteiger partial charge in [-0.15, -0.1) is 0 Å². The first-order valence-corrected chi connectivity index (χ1v) is 6.71. The molecule has 1 rings (SSSR count). The van der Waals surface area contributed by atoms with Crippen molar-refractivity contribution in [1.82, 2.24) is 10.2 Å². The van der Waals surface area contributed by atoms with Crippen molar-refractivity contribution in [2.45, 2.75) is 45.6 Å². The quantitative estimate of drug-likeness (QED) is 0.722. The normalized spacial score (nSPS) is 23.6. The Morgan fingerprint density at radius 2 is 2.06 bits per heavy atom. The molecule has 0 saturated carbocycles. The molecule has 0 spiro atoms. The molecule has 0 aliphatic carbocycles. The average Bonchev–Trinajstić information content (AvgIpc) is 2.28. The van der Waals surface area contributed by atoms with E-state index in [-0.39, 0.29) is 6.10 Å². The lowest BCUT2D eigenvalue weighted by Crippen LogP contribution is -2.47. The van der Waals surface area contributed by atoms with Crippen molar-refractivity contribution in [3.05, 3.63) is 0 Å². The lowest BCUT2D eigenvalue weighted by Gasteiger charge is -2.40. The number of piperidine rings is 1. The van der Waals surface area contributed by atoms with Crippen LogP contribution in [0.3, 0.4) is 0 Å². The predicted molar refractivity (Wildman–Crippen MR) is 68.6 cm³/mol. The molecular weight excluding hydrogens is 200 g/mol. The zero-order valence-electron chi connectivity index (χ0n) is 11.1. The van der Waals surface area contributed by atoms with Crippen LogP contribution in [-0.2, 0) is 0 Å². The van der Waals surface area contributed by atoms with Crippen LogP contribution in [0.25, 0.3) is 0 Å². The highest BCUT2D eigenvalue weighted by Crippen LogP contribution is 2.28. The highest BCUT2D eigenvalue weighted by Gasteiger charge is 2.30. The van der Waals surface area contributed by atoms with Crippen LogP contribution in [0, 0.1) is 5.41 Å². The summed E-state index contributed by atoms with van der Waals surface area (Å²) < 4.78 is 0. The maximum atomic E-state index is 9.69. The van der Waals surface area contributed by atoms with E-state index >= 15 is 0 Å². The third kappa shape index (κ3) is 3.72. The summed E-state index contributed by atoms with van der Waals surface area (Å²) in [6.07, 6.45) is 4.43. The molecule has 1 aliphatic heterocycles. The molecule has 0 aromatic carbocycles. The number of hydrogen-bond donors (Lipinski definition) is 2. The second-order valence-corrected chi connectivity index (χ2v) is 5.27. The monoisotopic (exact) mass is 228 g/mol. The maximum absolute atomic E-state index is 9.69. The van der Waals surface area contributed by atoms with E-state index < -0.39 is 0 Å². The minimum absolute atomic E-state index is 0.102. The summed E-state index contributed by atoms with van der Waals surface area (Å²) in [4.78, 5) is 2.44. The van der Waals surface area contributed by atoms with Crippen LogP contribution >= 0.6 is 0 Å². The fraction of sp³-hybridized carbons (Fsp3) is 1.00. The van der Waals surface area contributed by atoms with Crippen LogP contribution < -0.4 is 5.32 Å². The second-order valence-electron chi connectivity index (χ2n) is 5.27. The van der Waals surface area contributed by atoms with Gasteiger partial charge in [0.2, 0.25) is 0 Å². The van der Waals surface area contributed by atoms with Crippen molar-refractivity contribution in [2.24, 2.45) is 5.41 Å². The molecular formula is C13H28N2O. The van der Waals surface area contributed by atoms with E-state index in [0.29, 0.717) is 5.41 Å². The van der Waals surface area contributed by atoms with Crippen molar-refractivity contribution in [3.8, 4) is 0 Å². The fourth-order valence-electron chi connectivity index (χ4n) is 2.80. The summed E-state index contributed by atoms with van der Waals surface area (Å²) >= 11 is 0. The molecule has 0 amide bonds. The minimum Gasteiger partial charge on any atom is -0.392 e. The third-order valence-electron chi connectivity index (χ3n) is 4.09. The number of likely N-dealkylation sites (tertiary alicyclic amines) is 1. The SMILES string of the molecule is CCC(CC)(CNC)CN1CCCC(O)C1. The van der Waals surface area contributed by atoms with Gasteiger partial charge in [-0.1, -0.05) is 13.8 Å². The molecule has 0 aromatic rings. The zero-order chi connectivity index (χ0) is 12.0. The van der Waals surface area contributed by atoms with Crippen LogP contribution in [0.15, 0.2) is 0 Å². The van der Waals surface area contributed by atoms with E-state index in [1.807, 2.05) is 7.05 Å². The molecule has 0 aromatic heterocycles. The van der Waals surface area contributed by atoms with E-state index in [4.69, 9.17) is 0 Å². The molecule has 3 heteroatoms. The van der Waals surface area contributed by atoms with Gasteiger partial charge in [0.15, 0.2) is 0 Å². The topological polar surface area (TPSA) is 35.5 Å². The van der Waals surface area contributed by atoms with E-state index in [1.54, 1.807) is 0 Å². The smallest absolute Gasteiger partial charge is 0.0667 e. The first-order valence-electron chi connectivity index (χ1n) is 6.71. The summed E-state index contributed by atoms with van der Waals surface area (Å²) in [7, 11) is 2.03. The van der Waals surface area contributed by atoms with E-state index in [1.165, 1.54) is 12.8 Å². The van der Waals surface area contributed by atoms with Crippen molar-refractivity contribution >= 4 is 0 Å². The molecule has 1 aliphatic rings. The lowest BCUT2D eigenvalue weighted by atomic mass is 9.81. The largest absolute Gasteiger partial charge is 0.392 e. The van der Waals surface area contributed by atoms with Crippen LogP contribution in [-0.4, -0.2) is 49.3 Å². The summed E-state index contributed by atoms with van der Waals surface area (Å²) in [5.74, 6) is 0. The first kappa shape index (κ1) is 13.9. The molecule has 0 radical (unpaired) electrons. The minimum atomic E-state index is -0.102. The third-order valence-corrected chi connectivity index (χ3v) is 4.09. The maximum Gasteiger partial charge on any atom is 0.0667 e. The molecule has 1 unspecified atom stereocenters. The van der Waals surface area contributed by atoms with Gasteiger partial charge in [0.25, 0.3) is 0 Å². The Balaban J connectivity index is 2.52. The molecule has 1 atom stereocenters. The summed E-state index contributed by atoms with van der Waals surface area (Å²) in [5.41, 5.74) is 0.381. The highest BCUT2D eigenvalue weighted by molar-refractivity contribution is 4.84. The number of hydrogen-bond acceptors (Lipinski definition) is 3. The highest BCUT2D eigenvalue weighted by atomic mass is 16.3. The van der Waals surface area contributed by atoms with E-state index in [9.17, 15) is 5.11 Å². The Hall–Kier alpha value is -0.120. The van der Waals surface area contributed by atoms with Gasteiger partial charge in [0.1, 0.15) is 0 Å². The van der Waals surface area contributed by atoms with Gasteiger partial charge in [0.05, 0.1) is 6.10 Å². The van der Waals surface area contributed by atoms with Crippen molar-refractivity contribution in [3.63, 3.8) is 0 Å². The van der Waals surface area contributed by atoms with Crippen molar-refractivity contribution in [1.29, 1.82) is 0 Å². The Bertz CT molecular complexity index is 192. The van der Waals surface area contributed by atoms with Crippen LogP contribution in [0.4, 0.5) is 0 Å². The van der Waals surface area contributed by atoms with Gasteiger partial charge < -0.3 is 15.3 Å². The molecule has 1 heterocycles. The van der Waals surface area contributed by atoms with Crippen molar-refractivity contribution < 1.29 is 5.11 Å². The van der Waals surface area contributed by atoms with Crippen LogP contribution in [0.2, 0.25) is 0 Å². The van der Waals surface area contributed by atoms with Crippen LogP contribution in [0.1, 0.15) is 39.5 Å². The number of nitrogens with zero attached hydrogens (tertiary/aromatic N) is 1. The number of aliphatic hydroxyl groups excluding tert-OH is 1. The number of aliphatic hydroxyl groups is 1. The average molecular weight is 228 g/mol. The van der Waals surface area contributed by atoms with Gasteiger partial charge in [-0.25, -0.2) is 0 Å². The Kier molecular flexibility index (Phi) is 5.73. The van der Waals surface area contributed by atoms with E-state index in [2.05, 4.69) is 24.1 Å². The van der Waals surface area contributed by atoms with E-state index in [0.717, 1.165) is 39.0 Å². The predicted octanol–water partition coefficient (Wildman–Crippen LogP) is 1.47. The summed E-state index contributed by atoms with van der Waals surface area (Å²) in [5, 5.41) is 13.0. The van der Waals surface area contributed by atoms with Crippen LogP contribution in [0.5, 0.6) is 0 Å². The van der Waals surface area contributed by atoms with Gasteiger partial charge in [-0.2, -0.15) is 0 Å².